The van der Waals surface area contributed by atoms with Crippen molar-refractivity contribution < 1.29 is 8.76 Å². The predicted molar refractivity (Wildman–Crippen MR) is 64.1 cm³/mol. The van der Waals surface area contributed by atoms with Crippen LogP contribution in [0.2, 0.25) is 5.02 Å². The summed E-state index contributed by atoms with van der Waals surface area (Å²) in [5.74, 6) is 0. The second-order valence-corrected chi connectivity index (χ2v) is 4.59. The molecule has 0 N–H and O–H groups in total. The third kappa shape index (κ3) is 2.32. The average molecular weight is 252 g/mol. The van der Waals surface area contributed by atoms with E-state index in [1.54, 1.807) is 6.07 Å². The predicted octanol–water partition coefficient (Wildman–Crippen LogP) is 3.25. The van der Waals surface area contributed by atoms with E-state index in [-0.39, 0.29) is 4.90 Å². The highest BCUT2D eigenvalue weighted by molar-refractivity contribution is 7.79. The molecule has 0 fully saturated rings. The molecule has 0 aliphatic rings. The number of hydrogen-bond acceptors (Lipinski definition) is 2. The fourth-order valence-corrected chi connectivity index (χ4v) is 2.20. The molecule has 0 aromatic heterocycles. The molecule has 2 aromatic carbocycles. The molecule has 82 valence electrons. The van der Waals surface area contributed by atoms with Gasteiger partial charge in [-0.1, -0.05) is 48.0 Å². The van der Waals surface area contributed by atoms with E-state index in [0.29, 0.717) is 5.02 Å². The largest absolute Gasteiger partial charge is 0.768 e. The van der Waals surface area contributed by atoms with E-state index < -0.39 is 11.1 Å². The topological polar surface area (TPSA) is 40.1 Å². The van der Waals surface area contributed by atoms with Crippen LogP contribution in [-0.4, -0.2) is 8.76 Å². The first-order chi connectivity index (χ1) is 7.68. The third-order valence-corrected chi connectivity index (χ3v) is 3.17. The molecular weight excluding hydrogens is 244 g/mol. The van der Waals surface area contributed by atoms with Crippen LogP contribution in [0.15, 0.2) is 53.4 Å². The molecule has 0 saturated carbocycles. The lowest BCUT2D eigenvalue weighted by molar-refractivity contribution is 0.537. The molecule has 0 aliphatic carbocycles. The molecule has 0 radical (unpaired) electrons. The first-order valence-electron chi connectivity index (χ1n) is 4.63. The third-order valence-electron chi connectivity index (χ3n) is 2.22. The molecule has 2 nitrogen and oxygen atoms in total. The first kappa shape index (κ1) is 11.3. The zero-order chi connectivity index (χ0) is 11.5. The number of benzene rings is 2. The van der Waals surface area contributed by atoms with Gasteiger partial charge in [0.05, 0.1) is 0 Å². The zero-order valence-corrected chi connectivity index (χ0v) is 9.79. The van der Waals surface area contributed by atoms with Crippen LogP contribution in [0.3, 0.4) is 0 Å². The van der Waals surface area contributed by atoms with Crippen molar-refractivity contribution in [3.05, 3.63) is 53.6 Å². The molecule has 0 spiro atoms. The van der Waals surface area contributed by atoms with E-state index in [0.717, 1.165) is 11.1 Å². The molecule has 0 bridgehead atoms. The summed E-state index contributed by atoms with van der Waals surface area (Å²) in [4.78, 5) is 0.199. The van der Waals surface area contributed by atoms with Gasteiger partial charge in [0.2, 0.25) is 0 Å². The SMILES string of the molecule is O=S([O-])c1ccc(-c2ccccc2)c(Cl)c1. The van der Waals surface area contributed by atoms with Crippen LogP contribution in [0.1, 0.15) is 0 Å². The second-order valence-electron chi connectivity index (χ2n) is 3.24. The first-order valence-corrected chi connectivity index (χ1v) is 6.08. The minimum Gasteiger partial charge on any atom is -0.768 e. The quantitative estimate of drug-likeness (QED) is 0.769. The van der Waals surface area contributed by atoms with E-state index in [1.165, 1.54) is 12.1 Å². The van der Waals surface area contributed by atoms with Crippen LogP contribution in [0.5, 0.6) is 0 Å². The van der Waals surface area contributed by atoms with E-state index >= 15 is 0 Å². The Bertz CT molecular complexity index is 526. The Morgan fingerprint density at radius 1 is 1.06 bits per heavy atom. The van der Waals surface area contributed by atoms with Crippen LogP contribution < -0.4 is 0 Å². The minimum atomic E-state index is -2.24. The minimum absolute atomic E-state index is 0.199. The molecule has 0 heterocycles. The maximum atomic E-state index is 10.7. The molecule has 1 unspecified atom stereocenters. The Kier molecular flexibility index (Phi) is 3.39. The van der Waals surface area contributed by atoms with Gasteiger partial charge in [0.1, 0.15) is 0 Å². The Balaban J connectivity index is 2.48. The molecule has 0 saturated heterocycles. The van der Waals surface area contributed by atoms with Crippen LogP contribution >= 0.6 is 11.6 Å². The fraction of sp³-hybridized carbons (Fsp3) is 0. The Labute approximate surface area is 101 Å². The van der Waals surface area contributed by atoms with Gasteiger partial charge in [0.25, 0.3) is 0 Å². The maximum Gasteiger partial charge on any atom is 0.0496 e. The summed E-state index contributed by atoms with van der Waals surface area (Å²) in [7, 11) is 0. The maximum absolute atomic E-state index is 10.7. The van der Waals surface area contributed by atoms with Gasteiger partial charge >= 0.3 is 0 Å². The zero-order valence-electron chi connectivity index (χ0n) is 8.22. The lowest BCUT2D eigenvalue weighted by Crippen LogP contribution is -1.89. The Morgan fingerprint density at radius 2 is 1.75 bits per heavy atom. The molecule has 2 aromatic rings. The van der Waals surface area contributed by atoms with E-state index in [4.69, 9.17) is 11.6 Å². The van der Waals surface area contributed by atoms with Gasteiger partial charge < -0.3 is 4.55 Å². The Morgan fingerprint density at radius 3 is 2.31 bits per heavy atom. The number of halogens is 1. The summed E-state index contributed by atoms with van der Waals surface area (Å²) in [5.41, 5.74) is 1.80. The van der Waals surface area contributed by atoms with Gasteiger partial charge in [-0.15, -0.1) is 0 Å². The van der Waals surface area contributed by atoms with Crippen molar-refractivity contribution in [2.75, 3.05) is 0 Å². The van der Waals surface area contributed by atoms with Crippen molar-refractivity contribution in [1.29, 1.82) is 0 Å². The highest BCUT2D eigenvalue weighted by Gasteiger charge is 2.04. The summed E-state index contributed by atoms with van der Waals surface area (Å²) >= 11 is 3.80. The van der Waals surface area contributed by atoms with Crippen LogP contribution in [0, 0.1) is 0 Å². The van der Waals surface area contributed by atoms with Gasteiger partial charge in [-0.3, -0.25) is 4.21 Å². The molecule has 0 aliphatic heterocycles. The number of hydrogen-bond donors (Lipinski definition) is 0. The van der Waals surface area contributed by atoms with Crippen LogP contribution in [0.4, 0.5) is 0 Å². The summed E-state index contributed by atoms with van der Waals surface area (Å²) in [5, 5.41) is 0.438. The van der Waals surface area contributed by atoms with Crippen molar-refractivity contribution >= 4 is 22.7 Å². The van der Waals surface area contributed by atoms with Gasteiger partial charge in [-0.2, -0.15) is 0 Å². The van der Waals surface area contributed by atoms with Crippen LogP contribution in [-0.2, 0) is 11.1 Å². The van der Waals surface area contributed by atoms with Crippen molar-refractivity contribution in [2.45, 2.75) is 4.90 Å². The number of rotatable bonds is 2. The summed E-state index contributed by atoms with van der Waals surface area (Å²) in [6.45, 7) is 0. The molecular formula is C12H8ClO2S-. The highest BCUT2D eigenvalue weighted by atomic mass is 35.5. The van der Waals surface area contributed by atoms with Gasteiger partial charge in [-0.05, 0) is 28.8 Å². The molecule has 1 atom stereocenters. The molecule has 0 amide bonds. The summed E-state index contributed by atoms with van der Waals surface area (Å²) in [6, 6.07) is 14.3. The molecule has 4 heteroatoms. The highest BCUT2D eigenvalue weighted by Crippen LogP contribution is 2.29. The van der Waals surface area contributed by atoms with Crippen molar-refractivity contribution in [3.8, 4) is 11.1 Å². The van der Waals surface area contributed by atoms with E-state index in [9.17, 15) is 8.76 Å². The van der Waals surface area contributed by atoms with E-state index in [2.05, 4.69) is 0 Å². The smallest absolute Gasteiger partial charge is 0.0496 e. The lowest BCUT2D eigenvalue weighted by atomic mass is 10.1. The average Bonchev–Trinajstić information content (AvgIpc) is 2.30. The molecule has 16 heavy (non-hydrogen) atoms. The van der Waals surface area contributed by atoms with Gasteiger partial charge in [0.15, 0.2) is 0 Å². The lowest BCUT2D eigenvalue weighted by Gasteiger charge is -2.09. The molecule has 2 rings (SSSR count). The fourth-order valence-electron chi connectivity index (χ4n) is 1.45. The summed E-state index contributed by atoms with van der Waals surface area (Å²) in [6.07, 6.45) is 0. The summed E-state index contributed by atoms with van der Waals surface area (Å²) < 4.78 is 21.5. The Hall–Kier alpha value is -1.16. The van der Waals surface area contributed by atoms with Crippen LogP contribution in [0.25, 0.3) is 11.1 Å². The standard InChI is InChI=1S/C12H9ClO2S/c13-12-8-10(16(14)15)6-7-11(12)9-4-2-1-3-5-9/h1-8H,(H,14,15)/p-1. The van der Waals surface area contributed by atoms with Gasteiger partial charge in [0, 0.05) is 15.5 Å². The normalized spacial score (nSPS) is 12.4. The van der Waals surface area contributed by atoms with Crippen molar-refractivity contribution in [2.24, 2.45) is 0 Å². The van der Waals surface area contributed by atoms with E-state index in [1.807, 2.05) is 30.3 Å². The van der Waals surface area contributed by atoms with Gasteiger partial charge in [-0.25, -0.2) is 0 Å². The van der Waals surface area contributed by atoms with Crippen molar-refractivity contribution in [3.63, 3.8) is 0 Å². The monoisotopic (exact) mass is 251 g/mol. The van der Waals surface area contributed by atoms with Crippen molar-refractivity contribution in [1.82, 2.24) is 0 Å². The second kappa shape index (κ2) is 4.78.